The van der Waals surface area contributed by atoms with Crippen molar-refractivity contribution in [2.45, 2.75) is 63.8 Å². The molecule has 4 unspecified atom stereocenters. The van der Waals surface area contributed by atoms with Crippen LogP contribution < -0.4 is 16.5 Å². The Morgan fingerprint density at radius 2 is 1.88 bits per heavy atom. The molecule has 6 heteroatoms. The number of aromatic nitrogens is 1. The maximum absolute atomic E-state index is 6.14. The lowest BCUT2D eigenvalue weighted by Crippen LogP contribution is -2.41. The van der Waals surface area contributed by atoms with E-state index in [1.807, 2.05) is 6.20 Å². The minimum absolute atomic E-state index is 0.323. The fraction of sp³-hybridized carbons (Fsp3) is 0.722. The molecule has 5 nitrogen and oxygen atoms in total. The highest BCUT2D eigenvalue weighted by molar-refractivity contribution is 6.62. The van der Waals surface area contributed by atoms with Crippen LogP contribution in [0, 0.1) is 11.8 Å². The monoisotopic (exact) mass is 329 g/mol. The Morgan fingerprint density at radius 3 is 2.50 bits per heavy atom. The zero-order valence-electron chi connectivity index (χ0n) is 15.1. The molecule has 1 aromatic heterocycles. The number of nitrogens with one attached hydrogen (secondary N) is 1. The van der Waals surface area contributed by atoms with Crippen LogP contribution in [0.15, 0.2) is 18.3 Å². The van der Waals surface area contributed by atoms with Crippen molar-refractivity contribution in [1.29, 1.82) is 0 Å². The van der Waals surface area contributed by atoms with Crippen LogP contribution in [0.1, 0.15) is 52.3 Å². The summed E-state index contributed by atoms with van der Waals surface area (Å²) >= 11 is 0. The molecular weight excluding hydrogens is 301 g/mol. The van der Waals surface area contributed by atoms with Crippen LogP contribution in [-0.4, -0.2) is 35.9 Å². The molecule has 0 bridgehead atoms. The summed E-state index contributed by atoms with van der Waals surface area (Å²) in [5.41, 5.74) is 7.59. The Bertz CT molecular complexity index is 603. The first-order valence-electron chi connectivity index (χ1n) is 9.07. The molecule has 0 radical (unpaired) electrons. The fourth-order valence-corrected chi connectivity index (χ4v) is 4.32. The Labute approximate surface area is 144 Å². The molecule has 0 amide bonds. The number of nitrogens with zero attached hydrogens (tertiary/aromatic N) is 1. The van der Waals surface area contributed by atoms with Crippen LogP contribution in [0.3, 0.4) is 0 Å². The van der Waals surface area contributed by atoms with Gasteiger partial charge in [-0.1, -0.05) is 6.07 Å². The SMILES string of the molecule is CC1(C)OB(c2ccc(C3NCC4CC(N)CC43)nc2)OC1(C)C. The summed E-state index contributed by atoms with van der Waals surface area (Å²) in [5, 5.41) is 3.63. The number of fused-ring (bicyclic) bond motifs is 1. The topological polar surface area (TPSA) is 69.4 Å². The molecule has 1 saturated carbocycles. The van der Waals surface area contributed by atoms with E-state index in [1.54, 1.807) is 0 Å². The van der Waals surface area contributed by atoms with Crippen LogP contribution in [0.5, 0.6) is 0 Å². The van der Waals surface area contributed by atoms with Crippen molar-refractivity contribution in [3.63, 3.8) is 0 Å². The molecule has 4 rings (SSSR count). The van der Waals surface area contributed by atoms with Gasteiger partial charge in [0.15, 0.2) is 0 Å². The summed E-state index contributed by atoms with van der Waals surface area (Å²) in [6.07, 6.45) is 4.14. The summed E-state index contributed by atoms with van der Waals surface area (Å²) < 4.78 is 12.2. The van der Waals surface area contributed by atoms with E-state index >= 15 is 0 Å². The molecule has 0 spiro atoms. The molecule has 3 fully saturated rings. The highest BCUT2D eigenvalue weighted by Crippen LogP contribution is 2.43. The van der Waals surface area contributed by atoms with Crippen molar-refractivity contribution in [3.05, 3.63) is 24.0 Å². The van der Waals surface area contributed by atoms with Gasteiger partial charge >= 0.3 is 7.12 Å². The maximum Gasteiger partial charge on any atom is 0.496 e. The molecule has 4 atom stereocenters. The summed E-state index contributed by atoms with van der Waals surface area (Å²) in [5.74, 6) is 1.32. The minimum atomic E-state index is -0.347. The molecule has 2 saturated heterocycles. The number of rotatable bonds is 2. The van der Waals surface area contributed by atoms with Crippen LogP contribution in [0.2, 0.25) is 0 Å². The van der Waals surface area contributed by atoms with Gasteiger partial charge in [-0.2, -0.15) is 0 Å². The zero-order chi connectivity index (χ0) is 17.1. The van der Waals surface area contributed by atoms with E-state index in [0.29, 0.717) is 23.9 Å². The number of nitrogens with two attached hydrogens (primary N) is 1. The summed E-state index contributed by atoms with van der Waals surface area (Å²) in [4.78, 5) is 4.72. The van der Waals surface area contributed by atoms with Crippen molar-refractivity contribution in [2.24, 2.45) is 17.6 Å². The average Bonchev–Trinajstić information content (AvgIpc) is 3.10. The largest absolute Gasteiger partial charge is 0.496 e. The molecule has 130 valence electrons. The van der Waals surface area contributed by atoms with Crippen LogP contribution in [0.4, 0.5) is 0 Å². The average molecular weight is 329 g/mol. The minimum Gasteiger partial charge on any atom is -0.399 e. The van der Waals surface area contributed by atoms with E-state index < -0.39 is 0 Å². The van der Waals surface area contributed by atoms with E-state index in [9.17, 15) is 0 Å². The first-order chi connectivity index (χ1) is 11.3. The molecule has 3 N–H and O–H groups in total. The Morgan fingerprint density at radius 1 is 1.17 bits per heavy atom. The fourth-order valence-electron chi connectivity index (χ4n) is 4.32. The molecule has 0 aromatic carbocycles. The van der Waals surface area contributed by atoms with Crippen LogP contribution >= 0.6 is 0 Å². The predicted molar refractivity (Wildman–Crippen MR) is 94.9 cm³/mol. The molecule has 2 aliphatic heterocycles. The maximum atomic E-state index is 6.14. The van der Waals surface area contributed by atoms with Gasteiger partial charge in [0.1, 0.15) is 0 Å². The quantitative estimate of drug-likeness (QED) is 0.802. The second-order valence-electron chi connectivity index (χ2n) is 8.65. The molecule has 1 aliphatic carbocycles. The second kappa shape index (κ2) is 5.53. The van der Waals surface area contributed by atoms with Gasteiger partial charge in [-0.3, -0.25) is 4.98 Å². The predicted octanol–water partition coefficient (Wildman–Crippen LogP) is 1.38. The highest BCUT2D eigenvalue weighted by Gasteiger charge is 2.52. The number of pyridine rings is 1. The lowest BCUT2D eigenvalue weighted by atomic mass is 9.80. The second-order valence-corrected chi connectivity index (χ2v) is 8.65. The lowest BCUT2D eigenvalue weighted by molar-refractivity contribution is 0.00578. The lowest BCUT2D eigenvalue weighted by Gasteiger charge is -2.32. The summed E-state index contributed by atoms with van der Waals surface area (Å²) in [6, 6.07) is 4.89. The van der Waals surface area contributed by atoms with E-state index in [0.717, 1.165) is 30.5 Å². The van der Waals surface area contributed by atoms with Crippen molar-refractivity contribution < 1.29 is 9.31 Å². The van der Waals surface area contributed by atoms with Crippen molar-refractivity contribution in [1.82, 2.24) is 10.3 Å². The first kappa shape index (κ1) is 16.5. The molecule has 3 heterocycles. The summed E-state index contributed by atoms with van der Waals surface area (Å²) in [6.45, 7) is 9.34. The normalized spacial score (nSPS) is 37.0. The van der Waals surface area contributed by atoms with Gasteiger partial charge in [0.05, 0.1) is 22.9 Å². The number of hydrogen-bond donors (Lipinski definition) is 2. The van der Waals surface area contributed by atoms with Gasteiger partial charge in [0.2, 0.25) is 0 Å². The Balaban J connectivity index is 1.50. The van der Waals surface area contributed by atoms with Gasteiger partial charge in [0, 0.05) is 17.7 Å². The van der Waals surface area contributed by atoms with Gasteiger partial charge in [-0.15, -0.1) is 0 Å². The van der Waals surface area contributed by atoms with Crippen LogP contribution in [0.25, 0.3) is 0 Å². The number of hydrogen-bond acceptors (Lipinski definition) is 5. The highest BCUT2D eigenvalue weighted by atomic mass is 16.7. The third-order valence-corrected chi connectivity index (χ3v) is 6.47. The van der Waals surface area contributed by atoms with Crippen LogP contribution in [-0.2, 0) is 9.31 Å². The molecule has 1 aromatic rings. The van der Waals surface area contributed by atoms with Gasteiger partial charge in [0.25, 0.3) is 0 Å². The van der Waals surface area contributed by atoms with Gasteiger partial charge in [-0.25, -0.2) is 0 Å². The smallest absolute Gasteiger partial charge is 0.399 e. The van der Waals surface area contributed by atoms with Crippen molar-refractivity contribution >= 4 is 12.6 Å². The van der Waals surface area contributed by atoms with E-state index in [-0.39, 0.29) is 18.3 Å². The molecular formula is C18H28BN3O2. The third-order valence-electron chi connectivity index (χ3n) is 6.47. The molecule has 3 aliphatic rings. The summed E-state index contributed by atoms with van der Waals surface area (Å²) in [7, 11) is -0.347. The van der Waals surface area contributed by atoms with E-state index in [2.05, 4.69) is 45.1 Å². The van der Waals surface area contributed by atoms with E-state index in [4.69, 9.17) is 20.0 Å². The Kier molecular flexibility index (Phi) is 3.81. The van der Waals surface area contributed by atoms with Gasteiger partial charge in [-0.05, 0) is 65.0 Å². The Hall–Kier alpha value is -0.945. The van der Waals surface area contributed by atoms with Gasteiger partial charge < -0.3 is 20.4 Å². The third kappa shape index (κ3) is 2.60. The van der Waals surface area contributed by atoms with E-state index in [1.165, 1.54) is 0 Å². The van der Waals surface area contributed by atoms with Crippen molar-refractivity contribution in [3.8, 4) is 0 Å². The standard InChI is InChI=1S/C18H28BN3O2/c1-17(2)18(3,4)24-19(23-17)12-5-6-15(21-10-12)16-14-8-13(20)7-11(14)9-22-16/h5-6,10-11,13-14,16,22H,7-9,20H2,1-4H3. The van der Waals surface area contributed by atoms with Crippen molar-refractivity contribution in [2.75, 3.05) is 6.54 Å². The zero-order valence-corrected chi connectivity index (χ0v) is 15.1. The first-order valence-corrected chi connectivity index (χ1v) is 9.07. The molecule has 24 heavy (non-hydrogen) atoms.